The van der Waals surface area contributed by atoms with Gasteiger partial charge in [0.15, 0.2) is 4.67 Å². The molecule has 0 radical (unpaired) electrons. The van der Waals surface area contributed by atoms with Gasteiger partial charge in [-0.15, -0.1) is 0 Å². The van der Waals surface area contributed by atoms with Gasteiger partial charge in [0.2, 0.25) is 10.0 Å². The van der Waals surface area contributed by atoms with Crippen LogP contribution in [0.25, 0.3) is 0 Å². The van der Waals surface area contributed by atoms with Crippen LogP contribution in [0.3, 0.4) is 0 Å². The van der Waals surface area contributed by atoms with Gasteiger partial charge in [0.25, 0.3) is 0 Å². The van der Waals surface area contributed by atoms with E-state index in [1.54, 1.807) is 18.2 Å². The van der Waals surface area contributed by atoms with Crippen molar-refractivity contribution in [1.82, 2.24) is 4.72 Å². The molecule has 3 N–H and O–H groups in total. The van der Waals surface area contributed by atoms with Gasteiger partial charge in [-0.3, -0.25) is 0 Å². The molecule has 0 aliphatic rings. The van der Waals surface area contributed by atoms with E-state index in [1.807, 2.05) is 0 Å². The fourth-order valence-electron chi connectivity index (χ4n) is 1.78. The summed E-state index contributed by atoms with van der Waals surface area (Å²) in [7, 11) is -3.73. The van der Waals surface area contributed by atoms with Gasteiger partial charge in [0, 0.05) is 12.6 Å². The van der Waals surface area contributed by atoms with Crippen molar-refractivity contribution < 1.29 is 17.2 Å². The summed E-state index contributed by atoms with van der Waals surface area (Å²) >= 11 is 3.04. The largest absolute Gasteiger partial charge is 0.452 e. The normalized spacial score (nSPS) is 11.8. The first-order chi connectivity index (χ1) is 9.94. The lowest BCUT2D eigenvalue weighted by Crippen LogP contribution is -2.26. The van der Waals surface area contributed by atoms with Crippen molar-refractivity contribution >= 4 is 26.0 Å². The number of hydrogen-bond acceptors (Lipinski definition) is 4. The summed E-state index contributed by atoms with van der Waals surface area (Å²) in [6.45, 7) is 0.183. The molecule has 0 saturated heterocycles. The predicted octanol–water partition coefficient (Wildman–Crippen LogP) is 2.16. The topological polar surface area (TPSA) is 85.3 Å². The van der Waals surface area contributed by atoms with Crippen molar-refractivity contribution in [3.05, 3.63) is 52.1 Å². The van der Waals surface area contributed by atoms with Gasteiger partial charge < -0.3 is 10.2 Å². The SMILES string of the molecule is NCc1cc(S(=O)(=O)NCCc2ccccc2F)c(Br)o1. The second kappa shape index (κ2) is 6.69. The zero-order valence-corrected chi connectivity index (χ0v) is 13.4. The molecule has 0 fully saturated rings. The van der Waals surface area contributed by atoms with Crippen molar-refractivity contribution in [1.29, 1.82) is 0 Å². The molecule has 2 aromatic rings. The van der Waals surface area contributed by atoms with Gasteiger partial charge in [0.05, 0.1) is 6.54 Å². The third-order valence-electron chi connectivity index (χ3n) is 2.84. The molecular formula is C13H14BrFN2O3S. The van der Waals surface area contributed by atoms with Crippen LogP contribution in [0, 0.1) is 5.82 Å². The number of sulfonamides is 1. The van der Waals surface area contributed by atoms with E-state index in [1.165, 1.54) is 12.1 Å². The smallest absolute Gasteiger partial charge is 0.244 e. The number of furan rings is 1. The number of hydrogen-bond donors (Lipinski definition) is 2. The van der Waals surface area contributed by atoms with Crippen LogP contribution in [0.1, 0.15) is 11.3 Å². The van der Waals surface area contributed by atoms with Crippen molar-refractivity contribution in [2.75, 3.05) is 6.54 Å². The molecule has 0 saturated carbocycles. The lowest BCUT2D eigenvalue weighted by Gasteiger charge is -2.06. The summed E-state index contributed by atoms with van der Waals surface area (Å²) in [6.07, 6.45) is 0.255. The first kappa shape index (κ1) is 16.2. The lowest BCUT2D eigenvalue weighted by atomic mass is 10.1. The average Bonchev–Trinajstić information content (AvgIpc) is 2.83. The average molecular weight is 377 g/mol. The Bertz CT molecular complexity index is 731. The van der Waals surface area contributed by atoms with E-state index in [4.69, 9.17) is 10.2 Å². The van der Waals surface area contributed by atoms with E-state index in [2.05, 4.69) is 20.7 Å². The summed E-state index contributed by atoms with van der Waals surface area (Å²) in [4.78, 5) is -0.0171. The van der Waals surface area contributed by atoms with Gasteiger partial charge in [0.1, 0.15) is 16.5 Å². The predicted molar refractivity (Wildman–Crippen MR) is 79.6 cm³/mol. The maximum Gasteiger partial charge on any atom is 0.244 e. The Morgan fingerprint density at radius 1 is 1.33 bits per heavy atom. The minimum Gasteiger partial charge on any atom is -0.452 e. The van der Waals surface area contributed by atoms with Crippen molar-refractivity contribution in [2.45, 2.75) is 17.9 Å². The second-order valence-corrected chi connectivity index (χ2v) is 6.75. The molecule has 0 aliphatic heterocycles. The first-order valence-corrected chi connectivity index (χ1v) is 8.43. The van der Waals surface area contributed by atoms with Crippen molar-refractivity contribution in [3.63, 3.8) is 0 Å². The quantitative estimate of drug-likeness (QED) is 0.808. The molecule has 1 aromatic heterocycles. The summed E-state index contributed by atoms with van der Waals surface area (Å²) in [5.74, 6) is 0.00274. The maximum atomic E-state index is 13.4. The molecule has 0 spiro atoms. The number of rotatable bonds is 6. The van der Waals surface area contributed by atoms with Crippen molar-refractivity contribution in [3.8, 4) is 0 Å². The van der Waals surface area contributed by atoms with E-state index < -0.39 is 10.0 Å². The van der Waals surface area contributed by atoms with Crippen LogP contribution in [0.5, 0.6) is 0 Å². The molecule has 0 aliphatic carbocycles. The lowest BCUT2D eigenvalue weighted by molar-refractivity contribution is 0.483. The van der Waals surface area contributed by atoms with Gasteiger partial charge in [-0.25, -0.2) is 17.5 Å². The summed E-state index contributed by atoms with van der Waals surface area (Å²) in [5, 5.41) is 0. The van der Waals surface area contributed by atoms with Crippen LogP contribution in [-0.4, -0.2) is 15.0 Å². The Labute approximate surface area is 130 Å². The van der Waals surface area contributed by atoms with Crippen LogP contribution in [0.15, 0.2) is 44.3 Å². The second-order valence-electron chi connectivity index (χ2n) is 4.29. The van der Waals surface area contributed by atoms with E-state index in [-0.39, 0.29) is 34.9 Å². The summed E-state index contributed by atoms with van der Waals surface area (Å²) < 4.78 is 45.3. The molecule has 0 atom stereocenters. The van der Waals surface area contributed by atoms with Gasteiger partial charge >= 0.3 is 0 Å². The molecule has 0 amide bonds. The zero-order chi connectivity index (χ0) is 15.5. The van der Waals surface area contributed by atoms with Gasteiger partial charge in [-0.05, 0) is 34.0 Å². The Morgan fingerprint density at radius 3 is 2.67 bits per heavy atom. The Kier molecular flexibility index (Phi) is 5.15. The first-order valence-electron chi connectivity index (χ1n) is 6.15. The van der Waals surface area contributed by atoms with Crippen LogP contribution >= 0.6 is 15.9 Å². The highest BCUT2D eigenvalue weighted by atomic mass is 79.9. The Morgan fingerprint density at radius 2 is 2.05 bits per heavy atom. The number of halogens is 2. The standard InChI is InChI=1S/C13H14BrFN2O3S/c14-13-12(7-10(8-16)20-13)21(18,19)17-6-5-9-3-1-2-4-11(9)15/h1-4,7,17H,5-6,8,16H2. The molecule has 114 valence electrons. The molecule has 21 heavy (non-hydrogen) atoms. The third-order valence-corrected chi connectivity index (χ3v) is 5.16. The number of nitrogens with two attached hydrogens (primary N) is 1. The van der Waals surface area contributed by atoms with E-state index >= 15 is 0 Å². The minimum absolute atomic E-state index is 0.0171. The molecule has 8 heteroatoms. The zero-order valence-electron chi connectivity index (χ0n) is 11.0. The van der Waals surface area contributed by atoms with E-state index in [0.29, 0.717) is 11.3 Å². The number of benzene rings is 1. The van der Waals surface area contributed by atoms with Crippen LogP contribution < -0.4 is 10.5 Å². The molecular weight excluding hydrogens is 363 g/mol. The minimum atomic E-state index is -3.73. The molecule has 2 rings (SSSR count). The van der Waals surface area contributed by atoms with Crippen LogP contribution in [-0.2, 0) is 23.0 Å². The fourth-order valence-corrected chi connectivity index (χ4v) is 3.81. The van der Waals surface area contributed by atoms with E-state index in [0.717, 1.165) is 0 Å². The van der Waals surface area contributed by atoms with Gasteiger partial charge in [-0.2, -0.15) is 0 Å². The Hall–Kier alpha value is -1.22. The van der Waals surface area contributed by atoms with Crippen molar-refractivity contribution in [2.24, 2.45) is 5.73 Å². The number of nitrogens with one attached hydrogen (secondary N) is 1. The Balaban J connectivity index is 2.05. The van der Waals surface area contributed by atoms with Crippen LogP contribution in [0.2, 0.25) is 0 Å². The van der Waals surface area contributed by atoms with Gasteiger partial charge in [-0.1, -0.05) is 18.2 Å². The molecule has 0 bridgehead atoms. The molecule has 0 unspecified atom stereocenters. The van der Waals surface area contributed by atoms with E-state index in [9.17, 15) is 12.8 Å². The van der Waals surface area contributed by atoms with Crippen LogP contribution in [0.4, 0.5) is 4.39 Å². The highest BCUT2D eigenvalue weighted by Crippen LogP contribution is 2.25. The highest BCUT2D eigenvalue weighted by molar-refractivity contribution is 9.10. The molecule has 5 nitrogen and oxygen atoms in total. The third kappa shape index (κ3) is 3.91. The monoisotopic (exact) mass is 376 g/mol. The highest BCUT2D eigenvalue weighted by Gasteiger charge is 2.21. The molecule has 1 heterocycles. The maximum absolute atomic E-state index is 13.4. The fraction of sp³-hybridized carbons (Fsp3) is 0.231. The summed E-state index contributed by atoms with van der Waals surface area (Å²) in [5.41, 5.74) is 5.85. The summed E-state index contributed by atoms with van der Waals surface area (Å²) in [6, 6.07) is 7.59. The molecule has 1 aromatic carbocycles.